The minimum atomic E-state index is -0.736. The summed E-state index contributed by atoms with van der Waals surface area (Å²) < 4.78 is 9.59. The molecule has 2 aliphatic rings. The lowest BCUT2D eigenvalue weighted by Gasteiger charge is -2.37. The van der Waals surface area contributed by atoms with E-state index in [0.29, 0.717) is 17.4 Å². The van der Waals surface area contributed by atoms with Crippen LogP contribution < -0.4 is 10.6 Å². The van der Waals surface area contributed by atoms with Crippen LogP contribution in [-0.4, -0.2) is 92.6 Å². The van der Waals surface area contributed by atoms with Crippen molar-refractivity contribution in [1.29, 1.82) is 0 Å². The van der Waals surface area contributed by atoms with E-state index in [4.69, 9.17) is 26.1 Å². The van der Waals surface area contributed by atoms with Crippen LogP contribution >= 0.6 is 11.6 Å². The standard InChI is InChI=1S/C44H53ClN8O6/c1-8-17-52(41(54)36(23(2)3)50-43(56)58-6)22-35-46-21-34(47-35)31-15-11-26(20-32(31)45)25-10-14-30-27(18-25)12-16-33-38(30)49-40(48-33)39-28-9-13-29(19-28)53(39)42(55)37(24(4)5)51-44(57)59-7/h10-12,14-16,18,20-21,23-24,28-29,36-37,39H,8-9,13,17,19,22H2,1-7H3,(H,46,47)(H,48,49)(H,50,56)(H,51,57). The number of aromatic amines is 2. The molecule has 5 atom stereocenters. The summed E-state index contributed by atoms with van der Waals surface area (Å²) >= 11 is 6.93. The topological polar surface area (TPSA) is 175 Å². The van der Waals surface area contributed by atoms with Gasteiger partial charge in [0.1, 0.15) is 23.7 Å². The monoisotopic (exact) mass is 824 g/mol. The van der Waals surface area contributed by atoms with Gasteiger partial charge in [-0.25, -0.2) is 19.6 Å². The molecule has 5 aromatic rings. The van der Waals surface area contributed by atoms with Gasteiger partial charge in [0.15, 0.2) is 0 Å². The minimum Gasteiger partial charge on any atom is -0.453 e. The molecule has 2 aromatic heterocycles. The smallest absolute Gasteiger partial charge is 0.407 e. The SMILES string of the molecule is CCCN(Cc1ncc(-c2ccc(-c3ccc4c(ccc5[nH]c(C6C7CCC(C7)N6C(=O)C(NC(=O)OC)C(C)C)nc54)c3)cc2Cl)[nH]1)C(=O)C(NC(=O)OC)C(C)C. The van der Waals surface area contributed by atoms with E-state index >= 15 is 0 Å². The third-order valence-electron chi connectivity index (χ3n) is 11.8. The normalized spacial score (nSPS) is 18.4. The number of nitrogens with zero attached hydrogens (tertiary/aromatic N) is 4. The van der Waals surface area contributed by atoms with Gasteiger partial charge in [-0.1, -0.05) is 76.6 Å². The number of nitrogens with one attached hydrogen (secondary N) is 4. The lowest BCUT2D eigenvalue weighted by atomic mass is 9.95. The Bertz CT molecular complexity index is 2370. The second-order valence-corrected chi connectivity index (χ2v) is 16.8. The number of benzene rings is 3. The third-order valence-corrected chi connectivity index (χ3v) is 12.1. The number of imidazole rings is 2. The fourth-order valence-electron chi connectivity index (χ4n) is 8.76. The highest BCUT2D eigenvalue weighted by Crippen LogP contribution is 2.50. The highest BCUT2D eigenvalue weighted by atomic mass is 35.5. The molecule has 3 aromatic carbocycles. The molecule has 2 fully saturated rings. The van der Waals surface area contributed by atoms with Crippen LogP contribution in [0.4, 0.5) is 9.59 Å². The van der Waals surface area contributed by atoms with Gasteiger partial charge >= 0.3 is 12.2 Å². The van der Waals surface area contributed by atoms with Crippen LogP contribution in [0.2, 0.25) is 5.02 Å². The van der Waals surface area contributed by atoms with Gasteiger partial charge in [0.25, 0.3) is 0 Å². The van der Waals surface area contributed by atoms with Crippen LogP contribution in [0.5, 0.6) is 0 Å². The Hall–Kier alpha value is -5.63. The van der Waals surface area contributed by atoms with Crippen molar-refractivity contribution in [3.8, 4) is 22.4 Å². The first-order valence-corrected chi connectivity index (χ1v) is 20.8. The molecule has 1 aliphatic heterocycles. The summed E-state index contributed by atoms with van der Waals surface area (Å²) in [5.41, 5.74) is 5.17. The zero-order chi connectivity index (χ0) is 42.1. The number of hydrogen-bond donors (Lipinski definition) is 4. The lowest BCUT2D eigenvalue weighted by Crippen LogP contribution is -2.54. The maximum atomic E-state index is 14.1. The zero-order valence-corrected chi connectivity index (χ0v) is 35.4. The molecule has 1 saturated heterocycles. The number of H-pyrrole nitrogens is 2. The summed E-state index contributed by atoms with van der Waals surface area (Å²) in [6.07, 6.45) is 4.05. The molecular weight excluding hydrogens is 772 g/mol. The van der Waals surface area contributed by atoms with Crippen molar-refractivity contribution < 1.29 is 28.7 Å². The van der Waals surface area contributed by atoms with Crippen LogP contribution in [0, 0.1) is 17.8 Å². The highest BCUT2D eigenvalue weighted by Gasteiger charge is 2.51. The van der Waals surface area contributed by atoms with Gasteiger partial charge in [-0.2, -0.15) is 0 Å². The van der Waals surface area contributed by atoms with E-state index in [1.54, 1.807) is 11.1 Å². The maximum absolute atomic E-state index is 14.1. The molecular formula is C44H53ClN8O6. The van der Waals surface area contributed by atoms with E-state index < -0.39 is 24.3 Å². The first-order chi connectivity index (χ1) is 28.3. The summed E-state index contributed by atoms with van der Waals surface area (Å²) in [4.78, 5) is 72.0. The van der Waals surface area contributed by atoms with Crippen molar-refractivity contribution in [2.45, 2.75) is 91.0 Å². The van der Waals surface area contributed by atoms with E-state index in [-0.39, 0.29) is 48.2 Å². The number of halogens is 1. The third kappa shape index (κ3) is 8.32. The summed E-state index contributed by atoms with van der Waals surface area (Å²) in [6, 6.07) is 14.7. The van der Waals surface area contributed by atoms with Crippen molar-refractivity contribution in [3.63, 3.8) is 0 Å². The quantitative estimate of drug-likeness (QED) is 0.0925. The second-order valence-electron chi connectivity index (χ2n) is 16.4. The molecule has 4 N–H and O–H groups in total. The Labute approximate surface area is 348 Å². The van der Waals surface area contributed by atoms with E-state index in [1.807, 2.05) is 63.8 Å². The van der Waals surface area contributed by atoms with Crippen molar-refractivity contribution in [1.82, 2.24) is 40.4 Å². The predicted molar refractivity (Wildman–Crippen MR) is 226 cm³/mol. The van der Waals surface area contributed by atoms with Gasteiger partial charge in [0.05, 0.1) is 54.8 Å². The summed E-state index contributed by atoms with van der Waals surface area (Å²) in [5.74, 6) is 1.08. The van der Waals surface area contributed by atoms with Gasteiger partial charge in [-0.05, 0) is 78.1 Å². The number of ether oxygens (including phenoxy) is 2. The minimum absolute atomic E-state index is 0.104. The molecule has 4 amide bonds. The number of methoxy groups -OCH3 is 2. The van der Waals surface area contributed by atoms with E-state index in [9.17, 15) is 19.2 Å². The molecule has 1 aliphatic carbocycles. The molecule has 15 heteroatoms. The molecule has 312 valence electrons. The van der Waals surface area contributed by atoms with Crippen LogP contribution in [0.15, 0.2) is 54.7 Å². The first kappa shape index (κ1) is 41.5. The predicted octanol–water partition coefficient (Wildman–Crippen LogP) is 7.98. The van der Waals surface area contributed by atoms with Gasteiger partial charge in [0.2, 0.25) is 11.8 Å². The number of amides is 4. The highest BCUT2D eigenvalue weighted by molar-refractivity contribution is 6.33. The zero-order valence-electron chi connectivity index (χ0n) is 34.6. The average molecular weight is 825 g/mol. The second kappa shape index (κ2) is 17.3. The van der Waals surface area contributed by atoms with Gasteiger partial charge in [-0.3, -0.25) is 9.59 Å². The van der Waals surface area contributed by atoms with Crippen LogP contribution in [0.1, 0.15) is 78.0 Å². The van der Waals surface area contributed by atoms with E-state index in [1.165, 1.54) is 14.2 Å². The van der Waals surface area contributed by atoms with Gasteiger partial charge in [0, 0.05) is 23.5 Å². The molecule has 1 saturated carbocycles. The first-order valence-electron chi connectivity index (χ1n) is 20.4. The van der Waals surface area contributed by atoms with Gasteiger partial charge < -0.3 is 39.9 Å². The van der Waals surface area contributed by atoms with Gasteiger partial charge in [-0.15, -0.1) is 0 Å². The number of carbonyl (C=O) groups excluding carboxylic acids is 4. The van der Waals surface area contributed by atoms with Crippen LogP contribution in [-0.2, 0) is 25.6 Å². The maximum Gasteiger partial charge on any atom is 0.407 e. The number of carbonyl (C=O) groups is 4. The molecule has 0 radical (unpaired) electrons. The summed E-state index contributed by atoms with van der Waals surface area (Å²) in [5, 5.41) is 7.98. The summed E-state index contributed by atoms with van der Waals surface area (Å²) in [6.45, 7) is 10.3. The fraction of sp³-hybridized carbons (Fsp3) is 0.455. The number of aromatic nitrogens is 4. The molecule has 0 spiro atoms. The molecule has 3 heterocycles. The molecule has 7 rings (SSSR count). The van der Waals surface area contributed by atoms with E-state index in [2.05, 4.69) is 49.9 Å². The number of alkyl carbamates (subject to hydrolysis) is 2. The number of likely N-dealkylation sites (tertiary alicyclic amines) is 1. The Morgan fingerprint density at radius 2 is 1.61 bits per heavy atom. The van der Waals surface area contributed by atoms with Crippen molar-refractivity contribution in [2.75, 3.05) is 20.8 Å². The summed E-state index contributed by atoms with van der Waals surface area (Å²) in [7, 11) is 2.58. The number of rotatable bonds is 13. The number of piperidine rings is 1. The lowest BCUT2D eigenvalue weighted by molar-refractivity contribution is -0.139. The van der Waals surface area contributed by atoms with Crippen molar-refractivity contribution in [2.24, 2.45) is 17.8 Å². The molecule has 59 heavy (non-hydrogen) atoms. The Morgan fingerprint density at radius 1 is 0.915 bits per heavy atom. The Morgan fingerprint density at radius 3 is 2.29 bits per heavy atom. The van der Waals surface area contributed by atoms with Crippen LogP contribution in [0.3, 0.4) is 0 Å². The van der Waals surface area contributed by atoms with Crippen molar-refractivity contribution >= 4 is 57.4 Å². The number of fused-ring (bicyclic) bond motifs is 5. The van der Waals surface area contributed by atoms with E-state index in [0.717, 1.165) is 75.7 Å². The average Bonchev–Trinajstić information content (AvgIpc) is 4.05. The Balaban J connectivity index is 1.10. The Kier molecular flexibility index (Phi) is 12.2. The number of hydrogen-bond acceptors (Lipinski definition) is 8. The van der Waals surface area contributed by atoms with Crippen molar-refractivity contribution in [3.05, 3.63) is 71.4 Å². The fourth-order valence-corrected chi connectivity index (χ4v) is 9.05. The molecule has 2 bridgehead atoms. The largest absolute Gasteiger partial charge is 0.453 e. The molecule has 14 nitrogen and oxygen atoms in total. The molecule has 5 unspecified atom stereocenters. The van der Waals surface area contributed by atoms with Crippen LogP contribution in [0.25, 0.3) is 44.2 Å².